The first kappa shape index (κ1) is 11.6. The summed E-state index contributed by atoms with van der Waals surface area (Å²) in [5, 5.41) is 9.61. The minimum Gasteiger partial charge on any atom is -0.392 e. The van der Waals surface area contributed by atoms with Crippen LogP contribution in [0.15, 0.2) is 18.2 Å². The van der Waals surface area contributed by atoms with Gasteiger partial charge in [0.25, 0.3) is 0 Å². The Hall–Kier alpha value is -0.510. The van der Waals surface area contributed by atoms with Crippen LogP contribution < -0.4 is 0 Å². The molecule has 2 nitrogen and oxygen atoms in total. The van der Waals surface area contributed by atoms with E-state index in [9.17, 15) is 4.79 Å². The van der Waals surface area contributed by atoms with Crippen LogP contribution in [0.5, 0.6) is 0 Å². The summed E-state index contributed by atoms with van der Waals surface area (Å²) in [5.74, 6) is 0.249. The van der Waals surface area contributed by atoms with E-state index in [1.54, 1.807) is 18.2 Å². The highest BCUT2D eigenvalue weighted by molar-refractivity contribution is 7.81. The van der Waals surface area contributed by atoms with Crippen molar-refractivity contribution >= 4 is 30.0 Å². The van der Waals surface area contributed by atoms with Crippen molar-refractivity contribution in [1.29, 1.82) is 0 Å². The normalized spacial score (nSPS) is 10.2. The van der Waals surface area contributed by atoms with E-state index in [0.29, 0.717) is 17.0 Å². The number of hydrogen-bond donors (Lipinski definition) is 2. The second kappa shape index (κ2) is 5.39. The molecule has 0 aliphatic rings. The van der Waals surface area contributed by atoms with Crippen molar-refractivity contribution in [1.82, 2.24) is 0 Å². The van der Waals surface area contributed by atoms with Gasteiger partial charge in [-0.25, -0.2) is 0 Å². The van der Waals surface area contributed by atoms with Gasteiger partial charge in [-0.1, -0.05) is 17.7 Å². The number of benzene rings is 1. The van der Waals surface area contributed by atoms with Gasteiger partial charge in [-0.2, -0.15) is 12.6 Å². The fraction of sp³-hybridized carbons (Fsp3) is 0.300. The van der Waals surface area contributed by atoms with Gasteiger partial charge in [0.05, 0.1) is 6.61 Å². The minimum absolute atomic E-state index is 0.0327. The number of halogens is 1. The molecular weight excluding hydrogens is 220 g/mol. The Balaban J connectivity index is 2.90. The summed E-state index contributed by atoms with van der Waals surface area (Å²) in [6.45, 7) is -0.101. The topological polar surface area (TPSA) is 37.3 Å². The first-order valence-corrected chi connectivity index (χ1v) is 5.19. The van der Waals surface area contributed by atoms with Crippen LogP contribution in [0.2, 0.25) is 5.02 Å². The molecule has 1 N–H and O–H groups in total. The summed E-state index contributed by atoms with van der Waals surface area (Å²) >= 11 is 9.65. The molecule has 0 amide bonds. The zero-order valence-electron chi connectivity index (χ0n) is 7.53. The van der Waals surface area contributed by atoms with Crippen LogP contribution in [0.25, 0.3) is 0 Å². The van der Waals surface area contributed by atoms with E-state index in [4.69, 9.17) is 16.7 Å². The van der Waals surface area contributed by atoms with Crippen molar-refractivity contribution in [3.8, 4) is 0 Å². The molecule has 0 aliphatic heterocycles. The van der Waals surface area contributed by atoms with E-state index in [1.807, 2.05) is 0 Å². The second-order valence-electron chi connectivity index (χ2n) is 2.94. The standard InChI is InChI=1S/C10H11ClO2S/c11-9-2-1-7(4-10(13)6-14)8(3-9)5-12/h1-3,12,14H,4-6H2. The Bertz CT molecular complexity index is 339. The summed E-state index contributed by atoms with van der Waals surface area (Å²) in [5.41, 5.74) is 1.52. The zero-order valence-corrected chi connectivity index (χ0v) is 9.18. The predicted molar refractivity (Wildman–Crippen MR) is 59.9 cm³/mol. The van der Waals surface area contributed by atoms with E-state index in [1.165, 1.54) is 0 Å². The van der Waals surface area contributed by atoms with Crippen molar-refractivity contribution in [2.45, 2.75) is 13.0 Å². The van der Waals surface area contributed by atoms with Gasteiger partial charge in [0.1, 0.15) is 5.78 Å². The molecule has 0 fully saturated rings. The maximum absolute atomic E-state index is 11.1. The fourth-order valence-electron chi connectivity index (χ4n) is 1.18. The molecule has 0 saturated carbocycles. The van der Waals surface area contributed by atoms with Crippen LogP contribution in [0.4, 0.5) is 0 Å². The third-order valence-electron chi connectivity index (χ3n) is 1.90. The van der Waals surface area contributed by atoms with Crippen LogP contribution in [0, 0.1) is 0 Å². The Morgan fingerprint density at radius 2 is 2.14 bits per heavy atom. The number of aliphatic hydroxyl groups is 1. The third-order valence-corrected chi connectivity index (χ3v) is 2.49. The molecule has 0 atom stereocenters. The quantitative estimate of drug-likeness (QED) is 0.775. The first-order chi connectivity index (χ1) is 6.67. The number of Topliss-reactive ketones (excluding diaryl/α,β-unsaturated/α-hetero) is 1. The Morgan fingerprint density at radius 1 is 1.43 bits per heavy atom. The van der Waals surface area contributed by atoms with Crippen molar-refractivity contribution in [2.24, 2.45) is 0 Å². The van der Waals surface area contributed by atoms with Crippen molar-refractivity contribution in [2.75, 3.05) is 5.75 Å². The first-order valence-electron chi connectivity index (χ1n) is 4.18. The molecule has 4 heteroatoms. The predicted octanol–water partition coefficient (Wildman–Crippen LogP) is 1.87. The van der Waals surface area contributed by atoms with Gasteiger partial charge in [0, 0.05) is 17.2 Å². The minimum atomic E-state index is -0.101. The van der Waals surface area contributed by atoms with E-state index in [-0.39, 0.29) is 18.1 Å². The number of hydrogen-bond acceptors (Lipinski definition) is 3. The molecule has 1 rings (SSSR count). The third kappa shape index (κ3) is 3.01. The van der Waals surface area contributed by atoms with E-state index in [2.05, 4.69) is 12.6 Å². The molecule has 76 valence electrons. The molecule has 0 aliphatic carbocycles. The summed E-state index contributed by atoms with van der Waals surface area (Å²) in [7, 11) is 0. The van der Waals surface area contributed by atoms with Crippen LogP contribution >= 0.6 is 24.2 Å². The highest BCUT2D eigenvalue weighted by Crippen LogP contribution is 2.17. The number of carbonyl (C=O) groups excluding carboxylic acids is 1. The maximum Gasteiger partial charge on any atom is 0.146 e. The molecule has 0 unspecified atom stereocenters. The van der Waals surface area contributed by atoms with E-state index >= 15 is 0 Å². The van der Waals surface area contributed by atoms with Gasteiger partial charge in [-0.05, 0) is 23.3 Å². The SMILES string of the molecule is O=C(CS)Cc1ccc(Cl)cc1CO. The van der Waals surface area contributed by atoms with E-state index < -0.39 is 0 Å². The smallest absolute Gasteiger partial charge is 0.146 e. The molecule has 0 aromatic heterocycles. The zero-order chi connectivity index (χ0) is 10.6. The van der Waals surface area contributed by atoms with E-state index in [0.717, 1.165) is 5.56 Å². The average Bonchev–Trinajstić information content (AvgIpc) is 2.20. The van der Waals surface area contributed by atoms with Crippen LogP contribution in [0.3, 0.4) is 0 Å². The fourth-order valence-corrected chi connectivity index (χ4v) is 1.49. The lowest BCUT2D eigenvalue weighted by Gasteiger charge is -2.06. The Morgan fingerprint density at radius 3 is 2.71 bits per heavy atom. The summed E-state index contributed by atoms with van der Waals surface area (Å²) < 4.78 is 0. The molecule has 0 radical (unpaired) electrons. The van der Waals surface area contributed by atoms with Crippen LogP contribution in [-0.4, -0.2) is 16.6 Å². The monoisotopic (exact) mass is 230 g/mol. The van der Waals surface area contributed by atoms with Crippen molar-refractivity contribution in [3.05, 3.63) is 34.3 Å². The van der Waals surface area contributed by atoms with Crippen LogP contribution in [0.1, 0.15) is 11.1 Å². The lowest BCUT2D eigenvalue weighted by molar-refractivity contribution is -0.115. The molecule has 0 saturated heterocycles. The van der Waals surface area contributed by atoms with Gasteiger partial charge in [-0.15, -0.1) is 0 Å². The molecule has 0 spiro atoms. The number of aliphatic hydroxyl groups excluding tert-OH is 1. The van der Waals surface area contributed by atoms with Crippen molar-refractivity contribution < 1.29 is 9.90 Å². The maximum atomic E-state index is 11.1. The van der Waals surface area contributed by atoms with Gasteiger partial charge < -0.3 is 5.11 Å². The number of carbonyl (C=O) groups is 1. The Labute approximate surface area is 93.3 Å². The summed E-state index contributed by atoms with van der Waals surface area (Å²) in [4.78, 5) is 11.1. The van der Waals surface area contributed by atoms with Gasteiger partial charge in [0.15, 0.2) is 0 Å². The molecule has 14 heavy (non-hydrogen) atoms. The number of ketones is 1. The Kier molecular flexibility index (Phi) is 4.45. The summed E-state index contributed by atoms with van der Waals surface area (Å²) in [6.07, 6.45) is 0.302. The molecule has 0 heterocycles. The summed E-state index contributed by atoms with van der Waals surface area (Å²) in [6, 6.07) is 5.14. The highest BCUT2D eigenvalue weighted by atomic mass is 35.5. The molecule has 1 aromatic carbocycles. The molecular formula is C10H11ClO2S. The van der Waals surface area contributed by atoms with Crippen LogP contribution in [-0.2, 0) is 17.8 Å². The van der Waals surface area contributed by atoms with Gasteiger partial charge in [0.2, 0.25) is 0 Å². The largest absolute Gasteiger partial charge is 0.392 e. The molecule has 0 bridgehead atoms. The lowest BCUT2D eigenvalue weighted by Crippen LogP contribution is -2.06. The number of thiol groups is 1. The average molecular weight is 231 g/mol. The second-order valence-corrected chi connectivity index (χ2v) is 3.70. The highest BCUT2D eigenvalue weighted by Gasteiger charge is 2.06. The number of rotatable bonds is 4. The lowest BCUT2D eigenvalue weighted by atomic mass is 10.0. The van der Waals surface area contributed by atoms with Gasteiger partial charge in [-0.3, -0.25) is 4.79 Å². The van der Waals surface area contributed by atoms with Crippen molar-refractivity contribution in [3.63, 3.8) is 0 Å². The van der Waals surface area contributed by atoms with Gasteiger partial charge >= 0.3 is 0 Å². The molecule has 1 aromatic rings.